The number of phenols is 1. The molecule has 0 aliphatic heterocycles. The van der Waals surface area contributed by atoms with E-state index in [0.717, 1.165) is 24.1 Å². The fraction of sp³-hybridized carbons (Fsp3) is 0.667. The monoisotopic (exact) mass is 317 g/mol. The minimum absolute atomic E-state index is 0.0530. The van der Waals surface area contributed by atoms with Crippen molar-refractivity contribution in [2.75, 3.05) is 6.54 Å². The molecule has 0 unspecified atom stereocenters. The van der Waals surface area contributed by atoms with Crippen LogP contribution in [0.2, 0.25) is 0 Å². The van der Waals surface area contributed by atoms with E-state index in [4.69, 9.17) is 0 Å². The Bertz CT molecular complexity index is 530. The molecule has 0 fully saturated rings. The predicted octanol–water partition coefficient (Wildman–Crippen LogP) is 5.99. The van der Waals surface area contributed by atoms with Crippen molar-refractivity contribution in [3.05, 3.63) is 28.8 Å². The first-order valence-electron chi connectivity index (χ1n) is 8.95. The van der Waals surface area contributed by atoms with Crippen molar-refractivity contribution < 1.29 is 5.11 Å². The average Bonchev–Trinajstić information content (AvgIpc) is 2.41. The highest BCUT2D eigenvalue weighted by Gasteiger charge is 2.24. The second-order valence-corrected chi connectivity index (χ2v) is 8.56. The number of aromatic hydroxyl groups is 1. The summed E-state index contributed by atoms with van der Waals surface area (Å²) in [6, 6.07) is 4.23. The van der Waals surface area contributed by atoms with Gasteiger partial charge in [-0.25, -0.2) is 0 Å². The molecule has 0 aliphatic rings. The minimum atomic E-state index is -0.0882. The molecule has 0 saturated heterocycles. The summed E-state index contributed by atoms with van der Waals surface area (Å²) in [5, 5.41) is 10.7. The van der Waals surface area contributed by atoms with Crippen molar-refractivity contribution in [1.82, 2.24) is 0 Å². The van der Waals surface area contributed by atoms with E-state index in [2.05, 4.69) is 65.6 Å². The van der Waals surface area contributed by atoms with Crippen LogP contribution in [0.15, 0.2) is 17.1 Å². The van der Waals surface area contributed by atoms with E-state index in [-0.39, 0.29) is 10.8 Å². The summed E-state index contributed by atoms with van der Waals surface area (Å²) in [5.41, 5.74) is 3.05. The molecular formula is C21H35NO. The summed E-state index contributed by atoms with van der Waals surface area (Å²) in [5.74, 6) is 0.378. The van der Waals surface area contributed by atoms with Crippen molar-refractivity contribution in [1.29, 1.82) is 0 Å². The van der Waals surface area contributed by atoms with Crippen LogP contribution in [0.1, 0.15) is 90.8 Å². The summed E-state index contributed by atoms with van der Waals surface area (Å²) >= 11 is 0. The molecule has 0 aliphatic carbocycles. The van der Waals surface area contributed by atoms with E-state index >= 15 is 0 Å². The summed E-state index contributed by atoms with van der Waals surface area (Å²) in [6.45, 7) is 16.1. The Balaban J connectivity index is 3.08. The normalized spacial score (nSPS) is 13.0. The van der Waals surface area contributed by atoms with Gasteiger partial charge in [-0.2, -0.15) is 0 Å². The van der Waals surface area contributed by atoms with E-state index in [1.807, 2.05) is 6.21 Å². The molecule has 23 heavy (non-hydrogen) atoms. The van der Waals surface area contributed by atoms with Crippen LogP contribution in [0.3, 0.4) is 0 Å². The third kappa shape index (κ3) is 6.01. The molecule has 0 aromatic heterocycles. The van der Waals surface area contributed by atoms with E-state index < -0.39 is 0 Å². The molecular weight excluding hydrogens is 282 g/mol. The maximum atomic E-state index is 10.7. The second-order valence-electron chi connectivity index (χ2n) is 8.56. The maximum Gasteiger partial charge on any atom is 0.128 e. The van der Waals surface area contributed by atoms with Gasteiger partial charge >= 0.3 is 0 Å². The molecule has 2 heteroatoms. The van der Waals surface area contributed by atoms with Crippen LogP contribution >= 0.6 is 0 Å². The summed E-state index contributed by atoms with van der Waals surface area (Å²) in [7, 11) is 0. The summed E-state index contributed by atoms with van der Waals surface area (Å²) < 4.78 is 0. The Morgan fingerprint density at radius 2 is 1.61 bits per heavy atom. The number of hydrogen-bond donors (Lipinski definition) is 1. The SMILES string of the molecule is CCCCCCN=Cc1cc(C(C)(C)C)cc(C(C)(C)C)c1O. The summed E-state index contributed by atoms with van der Waals surface area (Å²) in [6.07, 6.45) is 6.72. The Morgan fingerprint density at radius 3 is 2.13 bits per heavy atom. The van der Waals surface area contributed by atoms with Gasteiger partial charge < -0.3 is 5.11 Å². The van der Waals surface area contributed by atoms with Gasteiger partial charge in [0.05, 0.1) is 0 Å². The van der Waals surface area contributed by atoms with Crippen molar-refractivity contribution >= 4 is 6.21 Å². The molecule has 0 heterocycles. The lowest BCUT2D eigenvalue weighted by molar-refractivity contribution is 0.444. The number of benzene rings is 1. The molecule has 1 aromatic carbocycles. The highest BCUT2D eigenvalue weighted by Crippen LogP contribution is 2.37. The van der Waals surface area contributed by atoms with E-state index in [1.54, 1.807) is 0 Å². The minimum Gasteiger partial charge on any atom is -0.507 e. The van der Waals surface area contributed by atoms with Crippen molar-refractivity contribution in [2.24, 2.45) is 4.99 Å². The molecule has 1 aromatic rings. The molecule has 0 amide bonds. The Labute approximate surface area is 143 Å². The van der Waals surface area contributed by atoms with Gasteiger partial charge in [-0.1, -0.05) is 73.8 Å². The van der Waals surface area contributed by atoms with Gasteiger partial charge in [-0.15, -0.1) is 0 Å². The fourth-order valence-corrected chi connectivity index (χ4v) is 2.55. The zero-order chi connectivity index (χ0) is 17.7. The lowest BCUT2D eigenvalue weighted by Gasteiger charge is -2.27. The first-order valence-corrected chi connectivity index (χ1v) is 8.95. The van der Waals surface area contributed by atoms with Crippen molar-refractivity contribution in [3.63, 3.8) is 0 Å². The molecule has 1 rings (SSSR count). The quantitative estimate of drug-likeness (QED) is 0.507. The third-order valence-corrected chi connectivity index (χ3v) is 4.18. The topological polar surface area (TPSA) is 32.6 Å². The predicted molar refractivity (Wildman–Crippen MR) is 102 cm³/mol. The number of unbranched alkanes of at least 4 members (excludes halogenated alkanes) is 3. The molecule has 2 nitrogen and oxygen atoms in total. The highest BCUT2D eigenvalue weighted by molar-refractivity contribution is 5.85. The Kier molecular flexibility index (Phi) is 6.85. The van der Waals surface area contributed by atoms with Crippen LogP contribution in [-0.2, 0) is 10.8 Å². The van der Waals surface area contributed by atoms with Crippen LogP contribution in [-0.4, -0.2) is 17.9 Å². The first kappa shape index (κ1) is 19.7. The van der Waals surface area contributed by atoms with Crippen molar-refractivity contribution in [3.8, 4) is 5.75 Å². The van der Waals surface area contributed by atoms with Gasteiger partial charge in [0.25, 0.3) is 0 Å². The van der Waals surface area contributed by atoms with Crippen molar-refractivity contribution in [2.45, 2.75) is 85.0 Å². The molecule has 0 bridgehead atoms. The van der Waals surface area contributed by atoms with Gasteiger partial charge in [0, 0.05) is 23.9 Å². The Morgan fingerprint density at radius 1 is 0.957 bits per heavy atom. The average molecular weight is 318 g/mol. The molecule has 130 valence electrons. The molecule has 0 spiro atoms. The van der Waals surface area contributed by atoms with Gasteiger partial charge in [-0.3, -0.25) is 4.99 Å². The standard InChI is InChI=1S/C21H35NO/c1-8-9-10-11-12-22-15-16-13-17(20(2,3)4)14-18(19(16)23)21(5,6)7/h13-15,23H,8-12H2,1-7H3. The first-order chi connectivity index (χ1) is 10.6. The third-order valence-electron chi connectivity index (χ3n) is 4.18. The Hall–Kier alpha value is -1.31. The van der Waals surface area contributed by atoms with E-state index in [0.29, 0.717) is 5.75 Å². The zero-order valence-corrected chi connectivity index (χ0v) is 16.2. The number of aliphatic imine (C=N–C) groups is 1. The largest absolute Gasteiger partial charge is 0.507 e. The van der Waals surface area contributed by atoms with Crippen LogP contribution in [0.4, 0.5) is 0 Å². The second kappa shape index (κ2) is 7.99. The fourth-order valence-electron chi connectivity index (χ4n) is 2.55. The smallest absolute Gasteiger partial charge is 0.128 e. The maximum absolute atomic E-state index is 10.7. The summed E-state index contributed by atoms with van der Waals surface area (Å²) in [4.78, 5) is 4.54. The van der Waals surface area contributed by atoms with E-state index in [9.17, 15) is 5.11 Å². The number of nitrogens with zero attached hydrogens (tertiary/aromatic N) is 1. The molecule has 0 saturated carbocycles. The van der Waals surface area contributed by atoms with Gasteiger partial charge in [0.2, 0.25) is 0 Å². The van der Waals surface area contributed by atoms with Crippen LogP contribution in [0.5, 0.6) is 5.75 Å². The van der Waals surface area contributed by atoms with Crippen LogP contribution < -0.4 is 0 Å². The van der Waals surface area contributed by atoms with Gasteiger partial charge in [0.15, 0.2) is 0 Å². The number of rotatable bonds is 6. The molecule has 0 radical (unpaired) electrons. The zero-order valence-electron chi connectivity index (χ0n) is 16.2. The molecule has 1 N–H and O–H groups in total. The number of hydrogen-bond acceptors (Lipinski definition) is 2. The van der Waals surface area contributed by atoms with E-state index in [1.165, 1.54) is 24.8 Å². The highest BCUT2D eigenvalue weighted by atomic mass is 16.3. The lowest BCUT2D eigenvalue weighted by Crippen LogP contribution is -2.17. The van der Waals surface area contributed by atoms with Crippen LogP contribution in [0.25, 0.3) is 0 Å². The number of phenolic OH excluding ortho intramolecular Hbond substituents is 1. The van der Waals surface area contributed by atoms with Gasteiger partial charge in [0.1, 0.15) is 5.75 Å². The van der Waals surface area contributed by atoms with Gasteiger partial charge in [-0.05, 0) is 28.9 Å². The molecule has 0 atom stereocenters. The van der Waals surface area contributed by atoms with Crippen LogP contribution in [0, 0.1) is 0 Å². The lowest BCUT2D eigenvalue weighted by atomic mass is 9.79.